The van der Waals surface area contributed by atoms with Crippen LogP contribution in [0.1, 0.15) is 39.1 Å². The summed E-state index contributed by atoms with van der Waals surface area (Å²) in [7, 11) is 0. The molecule has 1 fully saturated rings. The highest BCUT2D eigenvalue weighted by Gasteiger charge is 2.36. The Hall–Kier alpha value is -3.48. The molecule has 2 aromatic rings. The molecule has 2 aliphatic heterocycles. The summed E-state index contributed by atoms with van der Waals surface area (Å²) in [6.07, 6.45) is 2.81. The first-order chi connectivity index (χ1) is 15.0. The molecule has 0 aromatic heterocycles. The summed E-state index contributed by atoms with van der Waals surface area (Å²) in [5.41, 5.74) is 1.85. The minimum Gasteiger partial charge on any atom is -0.454 e. The number of ether oxygens (including phenoxy) is 1. The maximum Gasteiger partial charge on any atom is 0.326 e. The fourth-order valence-electron chi connectivity index (χ4n) is 4.12. The molecule has 31 heavy (non-hydrogen) atoms. The van der Waals surface area contributed by atoms with Crippen molar-refractivity contribution in [1.29, 1.82) is 0 Å². The van der Waals surface area contributed by atoms with E-state index in [1.165, 1.54) is 5.56 Å². The first-order valence-electron chi connectivity index (χ1n) is 10.5. The molecule has 7 nitrogen and oxygen atoms in total. The molecule has 0 bridgehead atoms. The Morgan fingerprint density at radius 2 is 1.45 bits per heavy atom. The van der Waals surface area contributed by atoms with E-state index in [1.54, 1.807) is 29.2 Å². The maximum absolute atomic E-state index is 12.4. The van der Waals surface area contributed by atoms with Gasteiger partial charge in [0, 0.05) is 13.1 Å². The number of nitrogens with zero attached hydrogens (tertiary/aromatic N) is 2. The van der Waals surface area contributed by atoms with Crippen molar-refractivity contribution in [3.63, 3.8) is 0 Å². The summed E-state index contributed by atoms with van der Waals surface area (Å²) in [5, 5.41) is 0. The van der Waals surface area contributed by atoms with E-state index >= 15 is 0 Å². The lowest BCUT2D eigenvalue weighted by Gasteiger charge is -2.32. The quantitative estimate of drug-likeness (QED) is 0.529. The number of rotatable bonds is 6. The van der Waals surface area contributed by atoms with Gasteiger partial charge in [0.05, 0.1) is 11.1 Å². The Morgan fingerprint density at radius 3 is 2.06 bits per heavy atom. The monoisotopic (exact) mass is 420 g/mol. The molecule has 0 N–H and O–H groups in total. The summed E-state index contributed by atoms with van der Waals surface area (Å²) < 4.78 is 5.06. The second-order valence-electron chi connectivity index (χ2n) is 7.92. The number of imide groups is 1. The third-order valence-electron chi connectivity index (χ3n) is 5.86. The minimum atomic E-state index is -0.776. The van der Waals surface area contributed by atoms with Gasteiger partial charge >= 0.3 is 5.97 Å². The van der Waals surface area contributed by atoms with Crippen molar-refractivity contribution in [2.75, 3.05) is 26.2 Å². The van der Waals surface area contributed by atoms with Crippen LogP contribution in [0.25, 0.3) is 0 Å². The molecular formula is C24H24N2O5. The van der Waals surface area contributed by atoms with Crippen molar-refractivity contribution in [2.45, 2.75) is 19.3 Å². The van der Waals surface area contributed by atoms with Crippen LogP contribution in [0.15, 0.2) is 54.6 Å². The number of piperidine rings is 1. The van der Waals surface area contributed by atoms with Crippen molar-refractivity contribution in [3.05, 3.63) is 71.3 Å². The van der Waals surface area contributed by atoms with E-state index in [4.69, 9.17) is 4.74 Å². The summed E-state index contributed by atoms with van der Waals surface area (Å²) in [5.74, 6) is -1.55. The largest absolute Gasteiger partial charge is 0.454 e. The first kappa shape index (κ1) is 20.8. The minimum absolute atomic E-state index is 0.256. The molecule has 3 amide bonds. The number of esters is 1. The molecule has 0 saturated carbocycles. The van der Waals surface area contributed by atoms with Crippen LogP contribution in [0.3, 0.4) is 0 Å². The lowest BCUT2D eigenvalue weighted by Crippen LogP contribution is -2.42. The average Bonchev–Trinajstić information content (AvgIpc) is 3.04. The van der Waals surface area contributed by atoms with Gasteiger partial charge in [0.15, 0.2) is 6.61 Å². The standard InChI is InChI=1S/C24H24N2O5/c27-21(25-12-10-18(11-13-25)14-17-6-2-1-3-7-17)16-31-22(28)15-26-23(29)19-8-4-5-9-20(19)24(26)30/h1-9,18H,10-16H2. The molecule has 0 radical (unpaired) electrons. The van der Waals surface area contributed by atoms with E-state index in [2.05, 4.69) is 12.1 Å². The number of carbonyl (C=O) groups excluding carboxylic acids is 4. The number of fused-ring (bicyclic) bond motifs is 1. The Balaban J connectivity index is 1.21. The first-order valence-corrected chi connectivity index (χ1v) is 10.5. The number of carbonyl (C=O) groups is 4. The van der Waals surface area contributed by atoms with Gasteiger partial charge in [-0.3, -0.25) is 24.1 Å². The van der Waals surface area contributed by atoms with Crippen LogP contribution in [0.4, 0.5) is 0 Å². The molecule has 0 spiro atoms. The summed E-state index contributed by atoms with van der Waals surface area (Å²) in [6.45, 7) is 0.378. The van der Waals surface area contributed by atoms with E-state index in [0.717, 1.165) is 24.2 Å². The second kappa shape index (κ2) is 9.12. The lowest BCUT2D eigenvalue weighted by atomic mass is 9.90. The number of hydrogen-bond acceptors (Lipinski definition) is 5. The maximum atomic E-state index is 12.4. The van der Waals surface area contributed by atoms with E-state index in [-0.39, 0.29) is 23.6 Å². The number of likely N-dealkylation sites (tertiary alicyclic amines) is 1. The Kier molecular flexibility index (Phi) is 6.11. The second-order valence-corrected chi connectivity index (χ2v) is 7.92. The van der Waals surface area contributed by atoms with E-state index < -0.39 is 24.3 Å². The van der Waals surface area contributed by atoms with Crippen molar-refractivity contribution in [2.24, 2.45) is 5.92 Å². The summed E-state index contributed by atoms with van der Waals surface area (Å²) in [6, 6.07) is 16.7. The topological polar surface area (TPSA) is 84.0 Å². The van der Waals surface area contributed by atoms with Crippen molar-refractivity contribution in [3.8, 4) is 0 Å². The van der Waals surface area contributed by atoms with Gasteiger partial charge < -0.3 is 9.64 Å². The smallest absolute Gasteiger partial charge is 0.326 e. The fraction of sp³-hybridized carbons (Fsp3) is 0.333. The summed E-state index contributed by atoms with van der Waals surface area (Å²) in [4.78, 5) is 51.7. The van der Waals surface area contributed by atoms with Crippen LogP contribution in [0.2, 0.25) is 0 Å². The Labute approximate surface area is 180 Å². The molecule has 7 heteroatoms. The van der Waals surface area contributed by atoms with Crippen LogP contribution in [0.5, 0.6) is 0 Å². The average molecular weight is 420 g/mol. The van der Waals surface area contributed by atoms with Crippen molar-refractivity contribution in [1.82, 2.24) is 9.80 Å². The number of benzene rings is 2. The SMILES string of the molecule is O=C(CN1C(=O)c2ccccc2C1=O)OCC(=O)N1CCC(Cc2ccccc2)CC1. The van der Waals surface area contributed by atoms with Gasteiger partial charge in [0.1, 0.15) is 6.54 Å². The van der Waals surface area contributed by atoms with Crippen LogP contribution in [0, 0.1) is 5.92 Å². The molecule has 0 unspecified atom stereocenters. The van der Waals surface area contributed by atoms with Crippen LogP contribution < -0.4 is 0 Å². The zero-order chi connectivity index (χ0) is 21.8. The fourth-order valence-corrected chi connectivity index (χ4v) is 4.12. The van der Waals surface area contributed by atoms with Gasteiger partial charge in [0.2, 0.25) is 0 Å². The zero-order valence-electron chi connectivity index (χ0n) is 17.2. The highest BCUT2D eigenvalue weighted by molar-refractivity contribution is 6.22. The molecule has 1 saturated heterocycles. The molecular weight excluding hydrogens is 396 g/mol. The number of hydrogen-bond donors (Lipinski definition) is 0. The highest BCUT2D eigenvalue weighted by Crippen LogP contribution is 2.23. The third-order valence-corrected chi connectivity index (χ3v) is 5.86. The summed E-state index contributed by atoms with van der Waals surface area (Å²) >= 11 is 0. The Bertz CT molecular complexity index is 961. The molecule has 0 atom stereocenters. The van der Waals surface area contributed by atoms with Gasteiger partial charge in [-0.25, -0.2) is 0 Å². The number of amides is 3. The molecule has 0 aliphatic carbocycles. The normalized spacial score (nSPS) is 16.4. The van der Waals surface area contributed by atoms with Gasteiger partial charge in [-0.1, -0.05) is 42.5 Å². The third kappa shape index (κ3) is 4.66. The van der Waals surface area contributed by atoms with Crippen molar-refractivity contribution >= 4 is 23.7 Å². The van der Waals surface area contributed by atoms with E-state index in [0.29, 0.717) is 19.0 Å². The predicted octanol–water partition coefficient (Wildman–Crippen LogP) is 2.31. The molecule has 4 rings (SSSR count). The molecule has 160 valence electrons. The zero-order valence-corrected chi connectivity index (χ0v) is 17.2. The Morgan fingerprint density at radius 1 is 0.871 bits per heavy atom. The van der Waals surface area contributed by atoms with Gasteiger partial charge in [-0.2, -0.15) is 0 Å². The highest BCUT2D eigenvalue weighted by atomic mass is 16.5. The molecule has 2 aromatic carbocycles. The van der Waals surface area contributed by atoms with Crippen molar-refractivity contribution < 1.29 is 23.9 Å². The van der Waals surface area contributed by atoms with Gasteiger partial charge in [-0.05, 0) is 42.9 Å². The van der Waals surface area contributed by atoms with E-state index in [9.17, 15) is 19.2 Å². The van der Waals surface area contributed by atoms with Crippen LogP contribution in [-0.4, -0.2) is 59.7 Å². The lowest BCUT2D eigenvalue weighted by molar-refractivity contribution is -0.152. The van der Waals surface area contributed by atoms with Crippen LogP contribution >= 0.6 is 0 Å². The van der Waals surface area contributed by atoms with E-state index in [1.807, 2.05) is 18.2 Å². The molecule has 2 aliphatic rings. The van der Waals surface area contributed by atoms with Gasteiger partial charge in [0.25, 0.3) is 17.7 Å². The molecule has 2 heterocycles. The predicted molar refractivity (Wildman–Crippen MR) is 112 cm³/mol. The van der Waals surface area contributed by atoms with Gasteiger partial charge in [-0.15, -0.1) is 0 Å². The van der Waals surface area contributed by atoms with Crippen LogP contribution in [-0.2, 0) is 20.7 Å².